The molecule has 6 heteroatoms. The number of pyridine rings is 1. The molecule has 168 valence electrons. The van der Waals surface area contributed by atoms with Gasteiger partial charge in [-0.3, -0.25) is 4.90 Å². The second-order valence-electron chi connectivity index (χ2n) is 8.35. The topological polar surface area (TPSA) is 60.9 Å². The first kappa shape index (κ1) is 22.1. The van der Waals surface area contributed by atoms with Crippen molar-refractivity contribution in [2.75, 3.05) is 38.2 Å². The van der Waals surface area contributed by atoms with E-state index in [1.54, 1.807) is 7.11 Å². The molecule has 2 N–H and O–H groups in total. The molecule has 1 aromatic heterocycles. The van der Waals surface area contributed by atoms with E-state index < -0.39 is 0 Å². The highest BCUT2D eigenvalue weighted by Gasteiger charge is 2.20. The maximum Gasteiger partial charge on any atom is 0.162 e. The van der Waals surface area contributed by atoms with Gasteiger partial charge in [0.1, 0.15) is 5.82 Å². The molecule has 3 aromatic rings. The van der Waals surface area contributed by atoms with Crippen LogP contribution in [0, 0.1) is 6.92 Å². The summed E-state index contributed by atoms with van der Waals surface area (Å²) in [6.07, 6.45) is 1.84. The number of methoxy groups -OCH3 is 1. The second kappa shape index (κ2) is 10.5. The molecule has 0 bridgehead atoms. The van der Waals surface area contributed by atoms with Crippen molar-refractivity contribution in [3.8, 4) is 11.5 Å². The molecule has 0 spiro atoms. The fourth-order valence-electron chi connectivity index (χ4n) is 4.08. The number of benzene rings is 2. The third-order valence-electron chi connectivity index (χ3n) is 5.95. The maximum atomic E-state index is 10.7. The van der Waals surface area contributed by atoms with Gasteiger partial charge in [0.2, 0.25) is 0 Å². The van der Waals surface area contributed by atoms with Crippen molar-refractivity contribution < 1.29 is 9.84 Å². The molecule has 1 fully saturated rings. The molecule has 4 rings (SSSR count). The largest absolute Gasteiger partial charge is 0.504 e. The quantitative estimate of drug-likeness (QED) is 0.566. The van der Waals surface area contributed by atoms with Gasteiger partial charge in [-0.25, -0.2) is 4.98 Å². The minimum atomic E-state index is 0.238. The third-order valence-corrected chi connectivity index (χ3v) is 5.95. The van der Waals surface area contributed by atoms with Crippen LogP contribution in [0.2, 0.25) is 0 Å². The van der Waals surface area contributed by atoms with E-state index in [-0.39, 0.29) is 5.75 Å². The molecule has 0 unspecified atom stereocenters. The maximum absolute atomic E-state index is 10.7. The Morgan fingerprint density at radius 1 is 0.969 bits per heavy atom. The van der Waals surface area contributed by atoms with Crippen molar-refractivity contribution in [1.82, 2.24) is 15.2 Å². The van der Waals surface area contributed by atoms with E-state index in [9.17, 15) is 5.11 Å². The first-order chi connectivity index (χ1) is 15.6. The lowest BCUT2D eigenvalue weighted by atomic mass is 10.1. The number of hydrogen-bond acceptors (Lipinski definition) is 6. The summed E-state index contributed by atoms with van der Waals surface area (Å²) in [4.78, 5) is 9.14. The number of aryl methyl sites for hydroxylation is 1. The molecular formula is C26H32N4O2. The molecule has 2 aromatic carbocycles. The Morgan fingerprint density at radius 2 is 1.72 bits per heavy atom. The molecule has 0 amide bonds. The molecule has 1 saturated heterocycles. The van der Waals surface area contributed by atoms with Crippen LogP contribution in [0.5, 0.6) is 11.5 Å². The molecule has 2 heterocycles. The summed E-state index contributed by atoms with van der Waals surface area (Å²) >= 11 is 0. The highest BCUT2D eigenvalue weighted by Crippen LogP contribution is 2.32. The number of anilines is 1. The van der Waals surface area contributed by atoms with Gasteiger partial charge < -0.3 is 20.1 Å². The van der Waals surface area contributed by atoms with Gasteiger partial charge >= 0.3 is 0 Å². The fraction of sp³-hybridized carbons (Fsp3) is 0.346. The normalized spacial score (nSPS) is 14.5. The van der Waals surface area contributed by atoms with Crippen molar-refractivity contribution >= 4 is 5.82 Å². The van der Waals surface area contributed by atoms with Gasteiger partial charge in [0.15, 0.2) is 11.5 Å². The van der Waals surface area contributed by atoms with Crippen LogP contribution < -0.4 is 15.0 Å². The number of aromatic nitrogens is 1. The Balaban J connectivity index is 1.37. The Bertz CT molecular complexity index is 1000. The Kier molecular flexibility index (Phi) is 7.24. The van der Waals surface area contributed by atoms with E-state index in [0.29, 0.717) is 18.8 Å². The van der Waals surface area contributed by atoms with E-state index >= 15 is 0 Å². The number of phenols is 1. The molecule has 0 atom stereocenters. The molecule has 6 nitrogen and oxygen atoms in total. The Hall–Kier alpha value is -3.09. The van der Waals surface area contributed by atoms with Crippen LogP contribution in [0.1, 0.15) is 22.3 Å². The number of aromatic hydroxyl groups is 1. The molecule has 0 saturated carbocycles. The third kappa shape index (κ3) is 5.58. The average molecular weight is 433 g/mol. The number of ether oxygens (including phenoxy) is 1. The van der Waals surface area contributed by atoms with E-state index in [1.807, 2.05) is 24.4 Å². The van der Waals surface area contributed by atoms with Crippen LogP contribution in [0.25, 0.3) is 0 Å². The number of nitrogens with one attached hydrogen (secondary N) is 1. The highest BCUT2D eigenvalue weighted by atomic mass is 16.5. The van der Waals surface area contributed by atoms with Crippen molar-refractivity contribution in [3.63, 3.8) is 0 Å². The molecule has 0 radical (unpaired) electrons. The van der Waals surface area contributed by atoms with Gasteiger partial charge in [-0.2, -0.15) is 0 Å². The van der Waals surface area contributed by atoms with Crippen LogP contribution in [0.3, 0.4) is 0 Å². The van der Waals surface area contributed by atoms with Gasteiger partial charge in [0, 0.05) is 57.6 Å². The summed E-state index contributed by atoms with van der Waals surface area (Å²) < 4.78 is 5.46. The smallest absolute Gasteiger partial charge is 0.162 e. The number of piperazine rings is 1. The van der Waals surface area contributed by atoms with Crippen molar-refractivity contribution in [2.24, 2.45) is 0 Å². The summed E-state index contributed by atoms with van der Waals surface area (Å²) in [5.41, 5.74) is 4.53. The zero-order valence-electron chi connectivity index (χ0n) is 18.9. The number of hydrogen-bond donors (Lipinski definition) is 2. The zero-order chi connectivity index (χ0) is 22.3. The summed E-state index contributed by atoms with van der Waals surface area (Å²) in [5.74, 6) is 1.79. The van der Waals surface area contributed by atoms with Gasteiger partial charge in [0.25, 0.3) is 0 Å². The van der Waals surface area contributed by atoms with E-state index in [1.165, 1.54) is 11.1 Å². The average Bonchev–Trinajstić information content (AvgIpc) is 2.83. The number of phenolic OH excluding ortho intramolecular Hbond substituents is 1. The van der Waals surface area contributed by atoms with Crippen LogP contribution in [-0.4, -0.2) is 48.3 Å². The molecule has 1 aliphatic rings. The van der Waals surface area contributed by atoms with Gasteiger partial charge in [-0.05, 0) is 42.3 Å². The van der Waals surface area contributed by atoms with Crippen LogP contribution in [-0.2, 0) is 19.6 Å². The van der Waals surface area contributed by atoms with Gasteiger partial charge in [-0.15, -0.1) is 0 Å². The molecule has 1 aliphatic heterocycles. The zero-order valence-corrected chi connectivity index (χ0v) is 18.9. The lowest BCUT2D eigenvalue weighted by Gasteiger charge is -2.35. The van der Waals surface area contributed by atoms with E-state index in [4.69, 9.17) is 4.74 Å². The Labute approximate surface area is 190 Å². The highest BCUT2D eigenvalue weighted by molar-refractivity contribution is 5.48. The predicted molar refractivity (Wildman–Crippen MR) is 128 cm³/mol. The minimum Gasteiger partial charge on any atom is -0.504 e. The number of nitrogens with zero attached hydrogens (tertiary/aromatic N) is 3. The van der Waals surface area contributed by atoms with E-state index in [0.717, 1.165) is 49.7 Å². The van der Waals surface area contributed by atoms with Crippen molar-refractivity contribution in [2.45, 2.75) is 26.6 Å². The van der Waals surface area contributed by atoms with Crippen LogP contribution >= 0.6 is 0 Å². The van der Waals surface area contributed by atoms with Crippen LogP contribution in [0.4, 0.5) is 5.82 Å². The summed E-state index contributed by atoms with van der Waals surface area (Å²) in [5, 5.41) is 14.2. The molecule has 32 heavy (non-hydrogen) atoms. The lowest BCUT2D eigenvalue weighted by Crippen LogP contribution is -2.46. The standard InChI is InChI=1S/C26H32N4O2/c1-20-6-8-21(9-7-20)17-27-18-22-15-23(26(31)24(16-22)32-2)19-29-11-13-30(14-12-29)25-5-3-4-10-28-25/h3-10,15-16,27,31H,11-14,17-19H2,1-2H3. The molecule has 0 aliphatic carbocycles. The van der Waals surface area contributed by atoms with E-state index in [2.05, 4.69) is 63.4 Å². The summed E-state index contributed by atoms with van der Waals surface area (Å²) in [6.45, 7) is 8.01. The van der Waals surface area contributed by atoms with Crippen molar-refractivity contribution in [1.29, 1.82) is 0 Å². The second-order valence-corrected chi connectivity index (χ2v) is 8.35. The summed E-state index contributed by atoms with van der Waals surface area (Å²) in [6, 6.07) is 18.6. The first-order valence-electron chi connectivity index (χ1n) is 11.2. The Morgan fingerprint density at radius 3 is 2.41 bits per heavy atom. The SMILES string of the molecule is COc1cc(CNCc2ccc(C)cc2)cc(CN2CCN(c3ccccn3)CC2)c1O. The molecular weight excluding hydrogens is 400 g/mol. The first-order valence-corrected chi connectivity index (χ1v) is 11.2. The summed E-state index contributed by atoms with van der Waals surface area (Å²) in [7, 11) is 1.61. The van der Waals surface area contributed by atoms with Crippen LogP contribution in [0.15, 0.2) is 60.8 Å². The van der Waals surface area contributed by atoms with Gasteiger partial charge in [-0.1, -0.05) is 35.9 Å². The predicted octanol–water partition coefficient (Wildman–Crippen LogP) is 3.72. The lowest BCUT2D eigenvalue weighted by molar-refractivity contribution is 0.245. The monoisotopic (exact) mass is 432 g/mol. The van der Waals surface area contributed by atoms with Gasteiger partial charge in [0.05, 0.1) is 7.11 Å². The minimum absolute atomic E-state index is 0.238. The number of rotatable bonds is 8. The van der Waals surface area contributed by atoms with Crippen molar-refractivity contribution in [3.05, 3.63) is 83.0 Å². The fourth-order valence-corrected chi connectivity index (χ4v) is 4.08.